The summed E-state index contributed by atoms with van der Waals surface area (Å²) < 4.78 is 31.0. The fourth-order valence-electron chi connectivity index (χ4n) is 1.37. The van der Waals surface area contributed by atoms with Gasteiger partial charge >= 0.3 is 0 Å². The van der Waals surface area contributed by atoms with Gasteiger partial charge in [0, 0.05) is 10.9 Å². The van der Waals surface area contributed by atoms with Crippen molar-refractivity contribution < 1.29 is 18.6 Å². The van der Waals surface area contributed by atoms with E-state index in [4.69, 9.17) is 9.84 Å². The van der Waals surface area contributed by atoms with Crippen molar-refractivity contribution in [2.45, 2.75) is 6.61 Å². The molecule has 1 aromatic carbocycles. The predicted molar refractivity (Wildman–Crippen MR) is 69.0 cm³/mol. The maximum atomic E-state index is 13.0. The Balaban J connectivity index is 1.98. The van der Waals surface area contributed by atoms with E-state index in [0.717, 1.165) is 21.9 Å². The molecule has 1 heterocycles. The van der Waals surface area contributed by atoms with Gasteiger partial charge in [-0.1, -0.05) is 11.8 Å². The van der Waals surface area contributed by atoms with Crippen LogP contribution in [0.1, 0.15) is 9.75 Å². The van der Waals surface area contributed by atoms with Crippen molar-refractivity contribution in [3.05, 3.63) is 51.7 Å². The molecule has 0 radical (unpaired) electrons. The van der Waals surface area contributed by atoms with Crippen LogP contribution >= 0.6 is 11.3 Å². The molecule has 19 heavy (non-hydrogen) atoms. The molecule has 0 saturated heterocycles. The minimum absolute atomic E-state index is 0.182. The highest BCUT2D eigenvalue weighted by molar-refractivity contribution is 7.12. The number of rotatable bonds is 3. The van der Waals surface area contributed by atoms with Gasteiger partial charge in [0.15, 0.2) is 11.6 Å². The molecule has 2 rings (SSSR count). The molecule has 0 saturated carbocycles. The number of ether oxygens (including phenoxy) is 1. The average Bonchev–Trinajstić information content (AvgIpc) is 2.86. The largest absolute Gasteiger partial charge is 0.488 e. The molecule has 0 spiro atoms. The highest BCUT2D eigenvalue weighted by atomic mass is 32.1. The van der Waals surface area contributed by atoms with Gasteiger partial charge in [0.25, 0.3) is 0 Å². The van der Waals surface area contributed by atoms with E-state index in [-0.39, 0.29) is 19.0 Å². The number of aliphatic hydroxyl groups excluding tert-OH is 1. The van der Waals surface area contributed by atoms with Gasteiger partial charge in [0.1, 0.15) is 19.0 Å². The number of benzene rings is 1. The summed E-state index contributed by atoms with van der Waals surface area (Å²) in [6, 6.07) is 7.06. The molecule has 0 bridgehead atoms. The van der Waals surface area contributed by atoms with Crippen LogP contribution in [0.3, 0.4) is 0 Å². The molecule has 2 nitrogen and oxygen atoms in total. The van der Waals surface area contributed by atoms with Crippen LogP contribution in [-0.2, 0) is 6.61 Å². The molecule has 0 aliphatic rings. The molecular formula is C14H10F2O2S. The first kappa shape index (κ1) is 13.5. The zero-order valence-corrected chi connectivity index (χ0v) is 10.6. The van der Waals surface area contributed by atoms with Crippen LogP contribution in [0.4, 0.5) is 8.78 Å². The molecule has 0 amide bonds. The minimum atomic E-state index is -0.932. The summed E-state index contributed by atoms with van der Waals surface area (Å²) in [5.74, 6) is 3.78. The maximum absolute atomic E-state index is 13.0. The lowest BCUT2D eigenvalue weighted by Gasteiger charge is -2.04. The van der Waals surface area contributed by atoms with Crippen molar-refractivity contribution in [3.8, 4) is 17.6 Å². The number of hydrogen-bond acceptors (Lipinski definition) is 3. The van der Waals surface area contributed by atoms with E-state index in [9.17, 15) is 8.78 Å². The Kier molecular flexibility index (Phi) is 4.50. The van der Waals surface area contributed by atoms with E-state index in [1.165, 1.54) is 17.4 Å². The summed E-state index contributed by atoms with van der Waals surface area (Å²) in [5.41, 5.74) is 0. The van der Waals surface area contributed by atoms with Crippen LogP contribution in [0.5, 0.6) is 5.75 Å². The van der Waals surface area contributed by atoms with Gasteiger partial charge < -0.3 is 9.84 Å². The minimum Gasteiger partial charge on any atom is -0.488 e. The Hall–Kier alpha value is -1.90. The number of halogens is 2. The van der Waals surface area contributed by atoms with Gasteiger partial charge in [-0.05, 0) is 24.3 Å². The lowest BCUT2D eigenvalue weighted by atomic mass is 10.3. The summed E-state index contributed by atoms with van der Waals surface area (Å²) in [6.45, 7) is 0.0785. The van der Waals surface area contributed by atoms with Crippen molar-refractivity contribution >= 4 is 11.3 Å². The fraction of sp³-hybridized carbons (Fsp3) is 0.143. The molecule has 0 fully saturated rings. The molecule has 0 atom stereocenters. The molecular weight excluding hydrogens is 270 g/mol. The van der Waals surface area contributed by atoms with E-state index < -0.39 is 11.6 Å². The van der Waals surface area contributed by atoms with Crippen LogP contribution in [0, 0.1) is 23.5 Å². The van der Waals surface area contributed by atoms with E-state index in [1.807, 2.05) is 12.1 Å². The van der Waals surface area contributed by atoms with Crippen molar-refractivity contribution in [2.24, 2.45) is 0 Å². The van der Waals surface area contributed by atoms with Gasteiger partial charge in [-0.3, -0.25) is 0 Å². The van der Waals surface area contributed by atoms with Crippen molar-refractivity contribution in [1.29, 1.82) is 0 Å². The average molecular weight is 280 g/mol. The summed E-state index contributed by atoms with van der Waals surface area (Å²) >= 11 is 1.42. The van der Waals surface area contributed by atoms with E-state index in [1.54, 1.807) is 0 Å². The Morgan fingerprint density at radius 2 is 2.00 bits per heavy atom. The van der Waals surface area contributed by atoms with Gasteiger partial charge in [0.2, 0.25) is 0 Å². The molecule has 0 aliphatic carbocycles. The number of thiophene rings is 1. The van der Waals surface area contributed by atoms with Crippen LogP contribution in [0.25, 0.3) is 0 Å². The Morgan fingerprint density at radius 3 is 2.74 bits per heavy atom. The van der Waals surface area contributed by atoms with Gasteiger partial charge in [0.05, 0.1) is 4.88 Å². The molecule has 98 valence electrons. The van der Waals surface area contributed by atoms with Crippen LogP contribution in [0.2, 0.25) is 0 Å². The zero-order valence-electron chi connectivity index (χ0n) is 9.82. The Labute approximate surface area is 113 Å². The topological polar surface area (TPSA) is 29.5 Å². The van der Waals surface area contributed by atoms with Gasteiger partial charge in [-0.2, -0.15) is 0 Å². The quantitative estimate of drug-likeness (QED) is 0.876. The second-order valence-corrected chi connectivity index (χ2v) is 4.76. The van der Waals surface area contributed by atoms with E-state index in [2.05, 4.69) is 11.8 Å². The highest BCUT2D eigenvalue weighted by Gasteiger charge is 2.04. The van der Waals surface area contributed by atoms with Crippen molar-refractivity contribution in [1.82, 2.24) is 0 Å². The SMILES string of the molecule is OCC#Cc1ccc(COc2ccc(F)c(F)c2)s1. The predicted octanol–water partition coefficient (Wildman–Crippen LogP) is 2.95. The Morgan fingerprint density at radius 1 is 1.16 bits per heavy atom. The summed E-state index contributed by atoms with van der Waals surface area (Å²) in [7, 11) is 0. The molecule has 0 unspecified atom stereocenters. The molecule has 1 N–H and O–H groups in total. The van der Waals surface area contributed by atoms with Crippen molar-refractivity contribution in [3.63, 3.8) is 0 Å². The van der Waals surface area contributed by atoms with Crippen molar-refractivity contribution in [2.75, 3.05) is 6.61 Å². The third-order valence-electron chi connectivity index (χ3n) is 2.22. The summed E-state index contributed by atoms with van der Waals surface area (Å²) in [6.07, 6.45) is 0. The van der Waals surface area contributed by atoms with Crippen LogP contribution in [0.15, 0.2) is 30.3 Å². The van der Waals surface area contributed by atoms with Crippen LogP contribution < -0.4 is 4.74 Å². The maximum Gasteiger partial charge on any atom is 0.162 e. The summed E-state index contributed by atoms with van der Waals surface area (Å²) in [4.78, 5) is 1.73. The van der Waals surface area contributed by atoms with E-state index in [0.29, 0.717) is 0 Å². The van der Waals surface area contributed by atoms with E-state index >= 15 is 0 Å². The van der Waals surface area contributed by atoms with Crippen LogP contribution in [-0.4, -0.2) is 11.7 Å². The normalized spacial score (nSPS) is 9.84. The fourth-order valence-corrected chi connectivity index (χ4v) is 2.17. The zero-order chi connectivity index (χ0) is 13.7. The molecule has 2 aromatic rings. The monoisotopic (exact) mass is 280 g/mol. The van der Waals surface area contributed by atoms with Gasteiger partial charge in [-0.15, -0.1) is 11.3 Å². The second-order valence-electron chi connectivity index (χ2n) is 3.59. The molecule has 5 heteroatoms. The number of hydrogen-bond donors (Lipinski definition) is 1. The first-order valence-corrected chi connectivity index (χ1v) is 6.27. The molecule has 0 aliphatic heterocycles. The standard InChI is InChI=1S/C14H10F2O2S/c15-13-6-3-10(8-14(13)16)18-9-12-5-4-11(19-12)2-1-7-17/h3-6,8,17H,7,9H2. The second kappa shape index (κ2) is 6.32. The third-order valence-corrected chi connectivity index (χ3v) is 3.20. The lowest BCUT2D eigenvalue weighted by Crippen LogP contribution is -1.94. The first-order chi connectivity index (χ1) is 9.19. The Bertz CT molecular complexity index is 626. The highest BCUT2D eigenvalue weighted by Crippen LogP contribution is 2.20. The number of aliphatic hydroxyl groups is 1. The van der Waals surface area contributed by atoms with Gasteiger partial charge in [-0.25, -0.2) is 8.78 Å². The first-order valence-electron chi connectivity index (χ1n) is 5.45. The lowest BCUT2D eigenvalue weighted by molar-refractivity contribution is 0.307. The smallest absolute Gasteiger partial charge is 0.162 e. The summed E-state index contributed by atoms with van der Waals surface area (Å²) in [5, 5.41) is 8.57. The molecule has 1 aromatic heterocycles. The third kappa shape index (κ3) is 3.78.